The number of nitrogens with one attached hydrogen (secondary N) is 1. The minimum atomic E-state index is 0.670. The van der Waals surface area contributed by atoms with Crippen molar-refractivity contribution in [1.29, 1.82) is 0 Å². The van der Waals surface area contributed by atoms with Gasteiger partial charge >= 0.3 is 0 Å². The van der Waals surface area contributed by atoms with Gasteiger partial charge in [0.2, 0.25) is 5.89 Å². The summed E-state index contributed by atoms with van der Waals surface area (Å²) in [5, 5.41) is 3.30. The molecule has 0 unspecified atom stereocenters. The molecule has 22 heavy (non-hydrogen) atoms. The Kier molecular flexibility index (Phi) is 4.19. The summed E-state index contributed by atoms with van der Waals surface area (Å²) in [6.45, 7) is 4.82. The predicted molar refractivity (Wildman–Crippen MR) is 87.8 cm³/mol. The van der Waals surface area contributed by atoms with Gasteiger partial charge < -0.3 is 9.73 Å². The van der Waals surface area contributed by atoms with Gasteiger partial charge in [-0.1, -0.05) is 23.8 Å². The number of anilines is 1. The topological polar surface area (TPSA) is 51.0 Å². The number of aryl methyl sites for hydroxylation is 2. The number of oxazole rings is 1. The second kappa shape index (κ2) is 6.43. The van der Waals surface area contributed by atoms with E-state index in [-0.39, 0.29) is 0 Å². The van der Waals surface area contributed by atoms with E-state index >= 15 is 0 Å². The molecular weight excluding hydrogens is 274 g/mol. The number of benzene rings is 1. The summed E-state index contributed by atoms with van der Waals surface area (Å²) in [6, 6.07) is 14.1. The van der Waals surface area contributed by atoms with Crippen molar-refractivity contribution < 1.29 is 4.42 Å². The molecule has 0 atom stereocenters. The molecule has 0 spiro atoms. The maximum atomic E-state index is 5.56. The largest absolute Gasteiger partial charge is 0.444 e. The Hall–Kier alpha value is -2.62. The highest BCUT2D eigenvalue weighted by Crippen LogP contribution is 2.19. The van der Waals surface area contributed by atoms with E-state index in [4.69, 9.17) is 4.42 Å². The lowest BCUT2D eigenvalue weighted by Gasteiger charge is -2.04. The molecule has 3 rings (SSSR count). The van der Waals surface area contributed by atoms with Crippen LogP contribution in [0, 0.1) is 13.8 Å². The van der Waals surface area contributed by atoms with Crippen LogP contribution in [0.4, 0.5) is 5.82 Å². The molecule has 1 N–H and O–H groups in total. The normalized spacial score (nSPS) is 10.6. The predicted octanol–water partition coefficient (Wildman–Crippen LogP) is 4.01. The summed E-state index contributed by atoms with van der Waals surface area (Å²) in [7, 11) is 0. The van der Waals surface area contributed by atoms with E-state index < -0.39 is 0 Å². The van der Waals surface area contributed by atoms with Gasteiger partial charge in [0.05, 0.1) is 5.69 Å². The van der Waals surface area contributed by atoms with Gasteiger partial charge in [0.1, 0.15) is 12.1 Å². The van der Waals surface area contributed by atoms with Crippen LogP contribution in [0.5, 0.6) is 0 Å². The van der Waals surface area contributed by atoms with Crippen molar-refractivity contribution in [2.45, 2.75) is 20.3 Å². The molecule has 4 heteroatoms. The SMILES string of the molecule is Cc1ccc(-c2nc(CCNc3cccc(C)n3)co2)cc1. The summed E-state index contributed by atoms with van der Waals surface area (Å²) >= 11 is 0. The molecule has 0 fully saturated rings. The van der Waals surface area contributed by atoms with Gasteiger partial charge in [0.25, 0.3) is 0 Å². The van der Waals surface area contributed by atoms with E-state index in [1.165, 1.54) is 5.56 Å². The number of pyridine rings is 1. The summed E-state index contributed by atoms with van der Waals surface area (Å²) in [6.07, 6.45) is 2.52. The quantitative estimate of drug-likeness (QED) is 0.772. The molecule has 0 amide bonds. The maximum Gasteiger partial charge on any atom is 0.226 e. The smallest absolute Gasteiger partial charge is 0.226 e. The Morgan fingerprint density at radius 3 is 2.59 bits per heavy atom. The van der Waals surface area contributed by atoms with Crippen LogP contribution < -0.4 is 5.32 Å². The van der Waals surface area contributed by atoms with Gasteiger partial charge in [-0.3, -0.25) is 0 Å². The molecule has 0 radical (unpaired) electrons. The first kappa shape index (κ1) is 14.3. The molecule has 0 aliphatic heterocycles. The standard InChI is InChI=1S/C18H19N3O/c1-13-6-8-15(9-7-13)18-21-16(12-22-18)10-11-19-17-5-3-4-14(2)20-17/h3-9,12H,10-11H2,1-2H3,(H,19,20). The van der Waals surface area contributed by atoms with Gasteiger partial charge in [-0.15, -0.1) is 0 Å². The van der Waals surface area contributed by atoms with Crippen LogP contribution in [0.15, 0.2) is 53.1 Å². The third-order valence-electron chi connectivity index (χ3n) is 3.43. The van der Waals surface area contributed by atoms with Crippen molar-refractivity contribution in [2.75, 3.05) is 11.9 Å². The van der Waals surface area contributed by atoms with Crippen molar-refractivity contribution in [2.24, 2.45) is 0 Å². The highest BCUT2D eigenvalue weighted by Gasteiger charge is 2.06. The fraction of sp³-hybridized carbons (Fsp3) is 0.222. The molecular formula is C18H19N3O. The van der Waals surface area contributed by atoms with Gasteiger partial charge in [-0.25, -0.2) is 9.97 Å². The van der Waals surface area contributed by atoms with E-state index in [1.54, 1.807) is 6.26 Å². The van der Waals surface area contributed by atoms with Crippen LogP contribution >= 0.6 is 0 Å². The van der Waals surface area contributed by atoms with Crippen LogP contribution in [-0.4, -0.2) is 16.5 Å². The molecule has 0 saturated carbocycles. The average Bonchev–Trinajstić information content (AvgIpc) is 2.97. The van der Waals surface area contributed by atoms with E-state index in [0.717, 1.165) is 35.7 Å². The second-order valence-corrected chi connectivity index (χ2v) is 5.35. The summed E-state index contributed by atoms with van der Waals surface area (Å²) in [5.41, 5.74) is 4.18. The summed E-state index contributed by atoms with van der Waals surface area (Å²) in [4.78, 5) is 8.94. The van der Waals surface area contributed by atoms with Crippen LogP contribution in [-0.2, 0) is 6.42 Å². The first-order valence-corrected chi connectivity index (χ1v) is 7.40. The monoisotopic (exact) mass is 293 g/mol. The van der Waals surface area contributed by atoms with E-state index in [2.05, 4.69) is 34.3 Å². The Labute approximate surface area is 130 Å². The molecule has 0 aliphatic rings. The van der Waals surface area contributed by atoms with Crippen molar-refractivity contribution in [3.05, 3.63) is 65.7 Å². The maximum absolute atomic E-state index is 5.56. The Morgan fingerprint density at radius 2 is 1.82 bits per heavy atom. The molecule has 3 aromatic rings. The van der Waals surface area contributed by atoms with Gasteiger partial charge in [0.15, 0.2) is 0 Å². The van der Waals surface area contributed by atoms with Crippen molar-refractivity contribution in [1.82, 2.24) is 9.97 Å². The molecule has 112 valence electrons. The molecule has 2 heterocycles. The number of aromatic nitrogens is 2. The molecule has 0 aliphatic carbocycles. The summed E-state index contributed by atoms with van der Waals surface area (Å²) < 4.78 is 5.56. The van der Waals surface area contributed by atoms with E-state index in [9.17, 15) is 0 Å². The fourth-order valence-electron chi connectivity index (χ4n) is 2.21. The van der Waals surface area contributed by atoms with Crippen molar-refractivity contribution in [3.8, 4) is 11.5 Å². The zero-order valence-corrected chi connectivity index (χ0v) is 12.8. The lowest BCUT2D eigenvalue weighted by Crippen LogP contribution is -2.06. The highest BCUT2D eigenvalue weighted by atomic mass is 16.3. The molecule has 2 aromatic heterocycles. The molecule has 4 nitrogen and oxygen atoms in total. The van der Waals surface area contributed by atoms with Crippen molar-refractivity contribution in [3.63, 3.8) is 0 Å². The van der Waals surface area contributed by atoms with Crippen LogP contribution in [0.1, 0.15) is 17.0 Å². The lowest BCUT2D eigenvalue weighted by atomic mass is 10.1. The number of nitrogens with zero attached hydrogens (tertiary/aromatic N) is 2. The van der Waals surface area contributed by atoms with Gasteiger partial charge in [0, 0.05) is 24.2 Å². The third kappa shape index (κ3) is 3.52. The van der Waals surface area contributed by atoms with Crippen LogP contribution in [0.25, 0.3) is 11.5 Å². The van der Waals surface area contributed by atoms with E-state index in [0.29, 0.717) is 5.89 Å². The number of rotatable bonds is 5. The lowest BCUT2D eigenvalue weighted by molar-refractivity contribution is 0.572. The minimum Gasteiger partial charge on any atom is -0.444 e. The Morgan fingerprint density at radius 1 is 1.00 bits per heavy atom. The Bertz CT molecular complexity index is 747. The fourth-order valence-corrected chi connectivity index (χ4v) is 2.21. The molecule has 1 aromatic carbocycles. The summed E-state index contributed by atoms with van der Waals surface area (Å²) in [5.74, 6) is 1.56. The second-order valence-electron chi connectivity index (χ2n) is 5.35. The zero-order valence-electron chi connectivity index (χ0n) is 12.8. The molecule has 0 bridgehead atoms. The van der Waals surface area contributed by atoms with Gasteiger partial charge in [-0.2, -0.15) is 0 Å². The zero-order chi connectivity index (χ0) is 15.4. The highest BCUT2D eigenvalue weighted by molar-refractivity contribution is 5.53. The number of hydrogen-bond acceptors (Lipinski definition) is 4. The first-order chi connectivity index (χ1) is 10.7. The average molecular weight is 293 g/mol. The first-order valence-electron chi connectivity index (χ1n) is 7.40. The van der Waals surface area contributed by atoms with Crippen molar-refractivity contribution >= 4 is 5.82 Å². The van der Waals surface area contributed by atoms with Gasteiger partial charge in [-0.05, 0) is 38.1 Å². The third-order valence-corrected chi connectivity index (χ3v) is 3.43. The van der Waals surface area contributed by atoms with E-state index in [1.807, 2.05) is 37.3 Å². The van der Waals surface area contributed by atoms with Crippen LogP contribution in [0.2, 0.25) is 0 Å². The minimum absolute atomic E-state index is 0.670. The Balaban J connectivity index is 1.59. The molecule has 0 saturated heterocycles. The van der Waals surface area contributed by atoms with Crippen LogP contribution in [0.3, 0.4) is 0 Å². The number of hydrogen-bond donors (Lipinski definition) is 1.